The molecule has 1 aliphatic rings. The normalized spacial score (nSPS) is 17.8. The lowest BCUT2D eigenvalue weighted by molar-refractivity contribution is 0.0326. The molecular weight excluding hydrogens is 379 g/mol. The number of benzene rings is 2. The minimum absolute atomic E-state index is 0.0458. The van der Waals surface area contributed by atoms with Crippen LogP contribution in [-0.4, -0.2) is 50.9 Å². The number of halogens is 1. The summed E-state index contributed by atoms with van der Waals surface area (Å²) in [5, 5.41) is 0. The first kappa shape index (κ1) is 20.5. The van der Waals surface area contributed by atoms with Gasteiger partial charge in [-0.2, -0.15) is 0 Å². The summed E-state index contributed by atoms with van der Waals surface area (Å²) in [6.45, 7) is 8.92. The molecule has 0 aliphatic carbocycles. The number of carbonyl (C=O) groups excluding carboxylic acids is 1. The van der Waals surface area contributed by atoms with Crippen LogP contribution in [0.4, 0.5) is 4.39 Å². The molecule has 158 valence electrons. The van der Waals surface area contributed by atoms with E-state index in [9.17, 15) is 9.18 Å². The second-order valence-corrected chi connectivity index (χ2v) is 8.56. The van der Waals surface area contributed by atoms with Crippen molar-refractivity contribution in [3.63, 3.8) is 0 Å². The van der Waals surface area contributed by atoms with Gasteiger partial charge in [-0.05, 0) is 37.1 Å². The Morgan fingerprint density at radius 3 is 2.70 bits per heavy atom. The number of amides is 1. The van der Waals surface area contributed by atoms with Gasteiger partial charge in [0, 0.05) is 50.4 Å². The molecular formula is C24H29FN4O. The topological polar surface area (TPSA) is 41.4 Å². The Labute approximate surface area is 177 Å². The van der Waals surface area contributed by atoms with Crippen molar-refractivity contribution in [1.82, 2.24) is 19.4 Å². The predicted octanol–water partition coefficient (Wildman–Crippen LogP) is 4.00. The number of aromatic nitrogens is 2. The SMILES string of the molecule is Cc1nc2cc(C(=O)N3CCN(Cc4ccccc4F)C[C@@H]3C(C)C)ccc2n1C. The van der Waals surface area contributed by atoms with Crippen molar-refractivity contribution in [3.8, 4) is 0 Å². The molecule has 1 aromatic heterocycles. The van der Waals surface area contributed by atoms with Crippen LogP contribution in [0.25, 0.3) is 11.0 Å². The Balaban J connectivity index is 1.54. The molecule has 5 nitrogen and oxygen atoms in total. The standard InChI is InChI=1S/C24H29FN4O/c1-16(2)23-15-28(14-19-7-5-6-8-20(19)25)11-12-29(23)24(30)18-9-10-22-21(13-18)26-17(3)27(22)4/h5-10,13,16,23H,11-12,14-15H2,1-4H3/t23-/m1/s1. The van der Waals surface area contributed by atoms with Gasteiger partial charge in [0.2, 0.25) is 0 Å². The van der Waals surface area contributed by atoms with Crippen LogP contribution in [0.3, 0.4) is 0 Å². The monoisotopic (exact) mass is 408 g/mol. The maximum Gasteiger partial charge on any atom is 0.254 e. The van der Waals surface area contributed by atoms with Crippen molar-refractivity contribution >= 4 is 16.9 Å². The van der Waals surface area contributed by atoms with Crippen molar-refractivity contribution in [2.75, 3.05) is 19.6 Å². The largest absolute Gasteiger partial charge is 0.333 e. The molecule has 1 saturated heterocycles. The highest BCUT2D eigenvalue weighted by Gasteiger charge is 2.33. The molecule has 0 N–H and O–H groups in total. The lowest BCUT2D eigenvalue weighted by Gasteiger charge is -2.43. The molecule has 1 aliphatic heterocycles. The maximum absolute atomic E-state index is 14.1. The molecule has 0 bridgehead atoms. The van der Waals surface area contributed by atoms with Crippen LogP contribution < -0.4 is 0 Å². The smallest absolute Gasteiger partial charge is 0.254 e. The van der Waals surface area contributed by atoms with E-state index < -0.39 is 0 Å². The van der Waals surface area contributed by atoms with Crippen LogP contribution in [0.15, 0.2) is 42.5 Å². The number of hydrogen-bond donors (Lipinski definition) is 0. The average molecular weight is 409 g/mol. The predicted molar refractivity (Wildman–Crippen MR) is 117 cm³/mol. The fraction of sp³-hybridized carbons (Fsp3) is 0.417. The molecule has 6 heteroatoms. The molecule has 0 radical (unpaired) electrons. The summed E-state index contributed by atoms with van der Waals surface area (Å²) >= 11 is 0. The highest BCUT2D eigenvalue weighted by Crippen LogP contribution is 2.24. The Hall–Kier alpha value is -2.73. The summed E-state index contributed by atoms with van der Waals surface area (Å²) in [5.41, 5.74) is 3.25. The summed E-state index contributed by atoms with van der Waals surface area (Å²) in [7, 11) is 1.98. The number of rotatable bonds is 4. The third kappa shape index (κ3) is 3.84. The molecule has 2 aromatic carbocycles. The number of nitrogens with zero attached hydrogens (tertiary/aromatic N) is 4. The zero-order chi connectivity index (χ0) is 21.4. The van der Waals surface area contributed by atoms with Gasteiger partial charge in [-0.3, -0.25) is 9.69 Å². The van der Waals surface area contributed by atoms with Gasteiger partial charge in [-0.15, -0.1) is 0 Å². The van der Waals surface area contributed by atoms with E-state index in [0.717, 1.165) is 29.9 Å². The number of piperazine rings is 1. The van der Waals surface area contributed by atoms with Gasteiger partial charge in [0.05, 0.1) is 11.0 Å². The molecule has 1 atom stereocenters. The van der Waals surface area contributed by atoms with Crippen LogP contribution in [0.5, 0.6) is 0 Å². The van der Waals surface area contributed by atoms with E-state index in [2.05, 4.69) is 23.7 Å². The van der Waals surface area contributed by atoms with Crippen molar-refractivity contribution in [2.24, 2.45) is 13.0 Å². The van der Waals surface area contributed by atoms with E-state index >= 15 is 0 Å². The van der Waals surface area contributed by atoms with E-state index in [1.807, 2.05) is 53.8 Å². The van der Waals surface area contributed by atoms with Crippen molar-refractivity contribution in [2.45, 2.75) is 33.4 Å². The van der Waals surface area contributed by atoms with Crippen LogP contribution in [0.2, 0.25) is 0 Å². The molecule has 3 aromatic rings. The maximum atomic E-state index is 14.1. The van der Waals surface area contributed by atoms with E-state index in [1.54, 1.807) is 6.07 Å². The summed E-state index contributed by atoms with van der Waals surface area (Å²) in [4.78, 5) is 22.2. The van der Waals surface area contributed by atoms with Crippen LogP contribution in [-0.2, 0) is 13.6 Å². The van der Waals surface area contributed by atoms with Crippen LogP contribution in [0.1, 0.15) is 35.6 Å². The third-order valence-corrected chi connectivity index (χ3v) is 6.24. The number of aryl methyl sites for hydroxylation is 2. The van der Waals surface area contributed by atoms with Gasteiger partial charge in [0.25, 0.3) is 5.91 Å². The van der Waals surface area contributed by atoms with Gasteiger partial charge >= 0.3 is 0 Å². The lowest BCUT2D eigenvalue weighted by Crippen LogP contribution is -2.56. The zero-order valence-corrected chi connectivity index (χ0v) is 18.1. The minimum Gasteiger partial charge on any atom is -0.333 e. The number of fused-ring (bicyclic) bond motifs is 1. The fourth-order valence-electron chi connectivity index (χ4n) is 4.32. The van der Waals surface area contributed by atoms with Gasteiger partial charge in [-0.1, -0.05) is 32.0 Å². The average Bonchev–Trinajstić information content (AvgIpc) is 3.02. The quantitative estimate of drug-likeness (QED) is 0.655. The first-order valence-corrected chi connectivity index (χ1v) is 10.5. The summed E-state index contributed by atoms with van der Waals surface area (Å²) in [5.74, 6) is 1.11. The van der Waals surface area contributed by atoms with E-state index in [1.165, 1.54) is 6.07 Å². The number of hydrogen-bond acceptors (Lipinski definition) is 3. The molecule has 2 heterocycles. The Morgan fingerprint density at radius 1 is 1.20 bits per heavy atom. The Morgan fingerprint density at radius 2 is 1.97 bits per heavy atom. The summed E-state index contributed by atoms with van der Waals surface area (Å²) in [6.07, 6.45) is 0. The number of carbonyl (C=O) groups is 1. The van der Waals surface area contributed by atoms with E-state index in [4.69, 9.17) is 0 Å². The molecule has 0 saturated carbocycles. The lowest BCUT2D eigenvalue weighted by atomic mass is 9.98. The minimum atomic E-state index is -0.170. The molecule has 1 fully saturated rings. The number of imidazole rings is 1. The van der Waals surface area contributed by atoms with Gasteiger partial charge in [0.1, 0.15) is 11.6 Å². The fourth-order valence-corrected chi connectivity index (χ4v) is 4.32. The third-order valence-electron chi connectivity index (χ3n) is 6.24. The Kier molecular flexibility index (Phi) is 5.60. The second-order valence-electron chi connectivity index (χ2n) is 8.56. The summed E-state index contributed by atoms with van der Waals surface area (Å²) < 4.78 is 16.1. The van der Waals surface area contributed by atoms with Crippen molar-refractivity contribution in [1.29, 1.82) is 0 Å². The zero-order valence-electron chi connectivity index (χ0n) is 18.1. The van der Waals surface area contributed by atoms with E-state index in [-0.39, 0.29) is 17.8 Å². The molecule has 1 amide bonds. The first-order valence-electron chi connectivity index (χ1n) is 10.5. The van der Waals surface area contributed by atoms with Gasteiger partial charge in [-0.25, -0.2) is 9.37 Å². The highest BCUT2D eigenvalue weighted by molar-refractivity contribution is 5.97. The van der Waals surface area contributed by atoms with E-state index in [0.29, 0.717) is 30.1 Å². The molecule has 30 heavy (non-hydrogen) atoms. The van der Waals surface area contributed by atoms with Gasteiger partial charge in [0.15, 0.2) is 0 Å². The van der Waals surface area contributed by atoms with Crippen LogP contribution in [0, 0.1) is 18.7 Å². The molecule has 0 unspecified atom stereocenters. The van der Waals surface area contributed by atoms with Crippen LogP contribution >= 0.6 is 0 Å². The molecule has 0 spiro atoms. The second kappa shape index (κ2) is 8.19. The first-order chi connectivity index (χ1) is 14.3. The molecule has 4 rings (SSSR count). The Bertz CT molecular complexity index is 1070. The van der Waals surface area contributed by atoms with Crippen molar-refractivity contribution in [3.05, 3.63) is 65.2 Å². The summed E-state index contributed by atoms with van der Waals surface area (Å²) in [6, 6.07) is 12.8. The van der Waals surface area contributed by atoms with Gasteiger partial charge < -0.3 is 9.47 Å². The highest BCUT2D eigenvalue weighted by atomic mass is 19.1. The van der Waals surface area contributed by atoms with Crippen molar-refractivity contribution < 1.29 is 9.18 Å².